The number of rotatable bonds is 5. The number of nitrogens with zero attached hydrogens (tertiary/aromatic N) is 2. The maximum Gasteiger partial charge on any atom is 0.145 e. The first-order valence-corrected chi connectivity index (χ1v) is 19.4. The van der Waals surface area contributed by atoms with E-state index >= 15 is 0 Å². The minimum Gasteiger partial charge on any atom is -0.455 e. The summed E-state index contributed by atoms with van der Waals surface area (Å²) in [6, 6.07) is 59.4. The summed E-state index contributed by atoms with van der Waals surface area (Å²) in [6.07, 6.45) is 3.51. The van der Waals surface area contributed by atoms with Crippen LogP contribution in [0.1, 0.15) is 38.3 Å². The molecule has 2 aromatic heterocycles. The zero-order valence-corrected chi connectivity index (χ0v) is 31.3. The van der Waals surface area contributed by atoms with E-state index in [-0.39, 0.29) is 5.41 Å². The molecule has 3 nitrogen and oxygen atoms in total. The minimum absolute atomic E-state index is 0.0816. The zero-order chi connectivity index (χ0) is 36.8. The van der Waals surface area contributed by atoms with Crippen molar-refractivity contribution in [2.75, 3.05) is 4.90 Å². The van der Waals surface area contributed by atoms with E-state index in [0.29, 0.717) is 5.92 Å². The van der Waals surface area contributed by atoms with Crippen molar-refractivity contribution in [2.45, 2.75) is 32.6 Å². The van der Waals surface area contributed by atoms with Crippen molar-refractivity contribution in [3.8, 4) is 16.8 Å². The molecule has 1 atom stereocenters. The Morgan fingerprint density at radius 3 is 2.11 bits per heavy atom. The Morgan fingerprint density at radius 2 is 1.29 bits per heavy atom. The number of benzene rings is 7. The molecule has 0 N–H and O–H groups in total. The van der Waals surface area contributed by atoms with Crippen LogP contribution in [0, 0.1) is 5.92 Å². The van der Waals surface area contributed by atoms with Crippen LogP contribution in [-0.2, 0) is 5.41 Å². The molecule has 0 radical (unpaired) electrons. The summed E-state index contributed by atoms with van der Waals surface area (Å²) < 4.78 is 9.09. The van der Waals surface area contributed by atoms with Crippen LogP contribution in [0.15, 0.2) is 186 Å². The van der Waals surface area contributed by atoms with Crippen LogP contribution in [0.2, 0.25) is 0 Å². The Balaban J connectivity index is 1.16. The molecule has 55 heavy (non-hydrogen) atoms. The van der Waals surface area contributed by atoms with Gasteiger partial charge in [0.1, 0.15) is 11.2 Å². The molecule has 9 aromatic rings. The highest BCUT2D eigenvalue weighted by Crippen LogP contribution is 2.53. The average Bonchev–Trinajstić information content (AvgIpc) is 3.84. The van der Waals surface area contributed by atoms with Crippen LogP contribution < -0.4 is 4.90 Å². The quantitative estimate of drug-likeness (QED) is 0.177. The van der Waals surface area contributed by atoms with E-state index in [1.54, 1.807) is 0 Å². The molecule has 0 saturated heterocycles. The van der Waals surface area contributed by atoms with Gasteiger partial charge in [-0.3, -0.25) is 0 Å². The lowest BCUT2D eigenvalue weighted by Crippen LogP contribution is -2.26. The summed E-state index contributed by atoms with van der Waals surface area (Å²) in [5.41, 5.74) is 17.0. The molecule has 2 aliphatic carbocycles. The summed E-state index contributed by atoms with van der Waals surface area (Å²) in [4.78, 5) is 2.52. The van der Waals surface area contributed by atoms with E-state index in [1.165, 1.54) is 44.5 Å². The van der Waals surface area contributed by atoms with Crippen molar-refractivity contribution in [3.05, 3.63) is 192 Å². The lowest BCUT2D eigenvalue weighted by atomic mass is 9.78. The molecule has 0 bridgehead atoms. The lowest BCUT2D eigenvalue weighted by Gasteiger charge is -2.36. The van der Waals surface area contributed by atoms with Gasteiger partial charge in [-0.15, -0.1) is 0 Å². The van der Waals surface area contributed by atoms with E-state index in [4.69, 9.17) is 4.42 Å². The summed E-state index contributed by atoms with van der Waals surface area (Å²) in [6.45, 7) is 7.17. The molecule has 11 rings (SSSR count). The van der Waals surface area contributed by atoms with Gasteiger partial charge in [0.15, 0.2) is 0 Å². The second-order valence-corrected chi connectivity index (χ2v) is 15.8. The molecule has 7 aromatic carbocycles. The minimum atomic E-state index is -0.0816. The number of anilines is 2. The molecule has 2 aliphatic rings. The standard InChI is InChI=1S/C52H40N2O/c1-33-30-43-39-18-10-12-20-44(39)52(2,3)45(43)32-47(33)53(37-24-22-35(23-25-37)34-14-6-4-7-15-34)38-26-27-42-48(31-38)54(36-16-8-5-9-17-36)46-29-28-41-40-19-11-13-21-49(40)55-51(41)50(42)46/h4-29,31-33H,30H2,1-3H3. The summed E-state index contributed by atoms with van der Waals surface area (Å²) in [7, 11) is 0. The molecule has 0 saturated carbocycles. The highest BCUT2D eigenvalue weighted by atomic mass is 16.3. The number of hydrogen-bond acceptors (Lipinski definition) is 2. The molecular formula is C52H40N2O. The van der Waals surface area contributed by atoms with Crippen LogP contribution >= 0.6 is 0 Å². The van der Waals surface area contributed by atoms with Crippen molar-refractivity contribution < 1.29 is 4.42 Å². The Labute approximate surface area is 321 Å². The maximum atomic E-state index is 6.68. The van der Waals surface area contributed by atoms with Crippen LogP contribution in [-0.4, -0.2) is 4.57 Å². The molecule has 0 aliphatic heterocycles. The van der Waals surface area contributed by atoms with Gasteiger partial charge in [-0.2, -0.15) is 0 Å². The number of aromatic nitrogens is 1. The van der Waals surface area contributed by atoms with E-state index in [0.717, 1.165) is 61.8 Å². The molecule has 0 spiro atoms. The summed E-state index contributed by atoms with van der Waals surface area (Å²) in [5, 5.41) is 4.61. The molecular weight excluding hydrogens is 669 g/mol. The van der Waals surface area contributed by atoms with Crippen molar-refractivity contribution >= 4 is 60.7 Å². The van der Waals surface area contributed by atoms with Crippen molar-refractivity contribution in [1.29, 1.82) is 0 Å². The highest BCUT2D eigenvalue weighted by molar-refractivity contribution is 6.24. The highest BCUT2D eigenvalue weighted by Gasteiger charge is 2.40. The van der Waals surface area contributed by atoms with Crippen molar-refractivity contribution in [2.24, 2.45) is 5.92 Å². The van der Waals surface area contributed by atoms with E-state index < -0.39 is 0 Å². The van der Waals surface area contributed by atoms with Gasteiger partial charge >= 0.3 is 0 Å². The van der Waals surface area contributed by atoms with Gasteiger partial charge in [0.05, 0.1) is 16.4 Å². The largest absolute Gasteiger partial charge is 0.455 e. The first kappa shape index (κ1) is 31.9. The van der Waals surface area contributed by atoms with E-state index in [1.807, 2.05) is 6.07 Å². The second-order valence-electron chi connectivity index (χ2n) is 15.8. The predicted molar refractivity (Wildman–Crippen MR) is 230 cm³/mol. The second kappa shape index (κ2) is 12.0. The number of para-hydroxylation sites is 2. The summed E-state index contributed by atoms with van der Waals surface area (Å²) >= 11 is 0. The predicted octanol–water partition coefficient (Wildman–Crippen LogP) is 14.2. The Bertz CT molecular complexity index is 3030. The third-order valence-corrected chi connectivity index (χ3v) is 12.3. The van der Waals surface area contributed by atoms with Gasteiger partial charge in [-0.1, -0.05) is 124 Å². The maximum absolute atomic E-state index is 6.68. The number of furan rings is 1. The average molecular weight is 709 g/mol. The van der Waals surface area contributed by atoms with Crippen LogP contribution in [0.5, 0.6) is 0 Å². The fraction of sp³-hybridized carbons (Fsp3) is 0.115. The Kier molecular flexibility index (Phi) is 6.94. The summed E-state index contributed by atoms with van der Waals surface area (Å²) in [5.74, 6) is 0.292. The molecule has 2 heterocycles. The van der Waals surface area contributed by atoms with Crippen molar-refractivity contribution in [3.63, 3.8) is 0 Å². The van der Waals surface area contributed by atoms with Gasteiger partial charge < -0.3 is 13.9 Å². The normalized spacial score (nSPS) is 16.2. The fourth-order valence-corrected chi connectivity index (χ4v) is 9.58. The fourth-order valence-electron chi connectivity index (χ4n) is 9.58. The zero-order valence-electron chi connectivity index (χ0n) is 31.3. The van der Waals surface area contributed by atoms with Gasteiger partial charge in [-0.05, 0) is 107 Å². The van der Waals surface area contributed by atoms with Crippen LogP contribution in [0.25, 0.3) is 66.1 Å². The van der Waals surface area contributed by atoms with Crippen LogP contribution in [0.3, 0.4) is 0 Å². The molecule has 0 fully saturated rings. The topological polar surface area (TPSA) is 21.3 Å². The Hall–Kier alpha value is -6.58. The van der Waals surface area contributed by atoms with Crippen molar-refractivity contribution in [1.82, 2.24) is 4.57 Å². The number of hydrogen-bond donors (Lipinski definition) is 0. The van der Waals surface area contributed by atoms with Gasteiger partial charge in [0, 0.05) is 50.3 Å². The SMILES string of the molecule is CC1CC2=C(C=C1N(c1ccc(-c3ccccc3)cc1)c1ccc3c4c5oc6ccccc6c5ccc4n(-c4ccccc4)c3c1)C(C)(C)c1ccccc12. The third kappa shape index (κ3) is 4.76. The molecule has 1 unspecified atom stereocenters. The smallest absolute Gasteiger partial charge is 0.145 e. The first-order chi connectivity index (χ1) is 27.0. The third-order valence-electron chi connectivity index (χ3n) is 12.3. The van der Waals surface area contributed by atoms with Gasteiger partial charge in [0.25, 0.3) is 0 Å². The van der Waals surface area contributed by atoms with E-state index in [9.17, 15) is 0 Å². The van der Waals surface area contributed by atoms with Gasteiger partial charge in [-0.25, -0.2) is 0 Å². The molecule has 0 amide bonds. The first-order valence-electron chi connectivity index (χ1n) is 19.4. The monoisotopic (exact) mass is 708 g/mol. The Morgan fingerprint density at radius 1 is 0.618 bits per heavy atom. The van der Waals surface area contributed by atoms with E-state index in [2.05, 4.69) is 194 Å². The molecule has 3 heteroatoms. The van der Waals surface area contributed by atoms with Gasteiger partial charge in [0.2, 0.25) is 0 Å². The van der Waals surface area contributed by atoms with Crippen LogP contribution in [0.4, 0.5) is 11.4 Å². The number of fused-ring (bicyclic) bond motifs is 9. The number of allylic oxidation sites excluding steroid dienone is 4. The molecule has 264 valence electrons. The lowest BCUT2D eigenvalue weighted by molar-refractivity contribution is 0.627.